The molecule has 9 nitrogen and oxygen atoms in total. The minimum atomic E-state index is -0.387. The van der Waals surface area contributed by atoms with Gasteiger partial charge in [0.2, 0.25) is 0 Å². The third-order valence-corrected chi connectivity index (χ3v) is 8.93. The number of halogens is 1. The molecule has 0 saturated carbocycles. The molecule has 0 unspecified atom stereocenters. The van der Waals surface area contributed by atoms with Crippen LogP contribution in [0.5, 0.6) is 0 Å². The Bertz CT molecular complexity index is 1170. The van der Waals surface area contributed by atoms with Gasteiger partial charge in [-0.05, 0) is 75.1 Å². The first-order valence-electron chi connectivity index (χ1n) is 14.3. The quantitative estimate of drug-likeness (QED) is 0.379. The smallest absolute Gasteiger partial charge is 0.321 e. The van der Waals surface area contributed by atoms with Gasteiger partial charge in [-0.1, -0.05) is 30.4 Å². The van der Waals surface area contributed by atoms with Crippen LogP contribution in [0.2, 0.25) is 0 Å². The Kier molecular flexibility index (Phi) is 10.5. The molecule has 3 atom stereocenters. The van der Waals surface area contributed by atoms with E-state index in [4.69, 9.17) is 0 Å². The standard InChI is InChI=1S/C29H41FN6O3S/c1-4-12-31-29(39)36-14-11-23(17-35-13-5-6-22(16-35)15-21-7-9-24(30)10-8-21)25(18-36)33-27(38)34-28-32-19(2)26(40-28)20(3)37/h7-10,22-23,25H,4-6,11-18H2,1-3H3,(H,31,39)(H2,32,33,34,38)/t22-,23-,25-/m0/s1. The van der Waals surface area contributed by atoms with Gasteiger partial charge in [0.05, 0.1) is 16.6 Å². The van der Waals surface area contributed by atoms with Crippen LogP contribution in [0.15, 0.2) is 24.3 Å². The van der Waals surface area contributed by atoms with E-state index in [2.05, 4.69) is 25.8 Å². The van der Waals surface area contributed by atoms with Crippen molar-refractivity contribution < 1.29 is 18.8 Å². The Morgan fingerprint density at radius 1 is 1.12 bits per heavy atom. The number of hydrogen-bond acceptors (Lipinski definition) is 6. The molecular formula is C29H41FN6O3S. The van der Waals surface area contributed by atoms with Crippen molar-refractivity contribution in [3.8, 4) is 0 Å². The summed E-state index contributed by atoms with van der Waals surface area (Å²) < 4.78 is 13.3. The number of hydrogen-bond donors (Lipinski definition) is 3. The Labute approximate surface area is 239 Å². The number of rotatable bonds is 9. The summed E-state index contributed by atoms with van der Waals surface area (Å²) >= 11 is 1.17. The van der Waals surface area contributed by atoms with Crippen LogP contribution in [0.25, 0.3) is 0 Å². The van der Waals surface area contributed by atoms with Crippen molar-refractivity contribution in [2.24, 2.45) is 11.8 Å². The number of aryl methyl sites for hydroxylation is 1. The van der Waals surface area contributed by atoms with E-state index in [1.807, 2.05) is 19.1 Å². The van der Waals surface area contributed by atoms with Gasteiger partial charge in [-0.2, -0.15) is 0 Å². The van der Waals surface area contributed by atoms with Crippen LogP contribution in [0.3, 0.4) is 0 Å². The molecule has 0 radical (unpaired) electrons. The van der Waals surface area contributed by atoms with E-state index in [1.165, 1.54) is 30.4 Å². The van der Waals surface area contributed by atoms with Gasteiger partial charge in [0.1, 0.15) is 5.82 Å². The molecular weight excluding hydrogens is 531 g/mol. The highest BCUT2D eigenvalue weighted by Crippen LogP contribution is 2.26. The molecule has 0 aliphatic carbocycles. The number of carbonyl (C=O) groups excluding carboxylic acids is 3. The van der Waals surface area contributed by atoms with Crippen LogP contribution in [-0.2, 0) is 6.42 Å². The molecule has 3 heterocycles. The van der Waals surface area contributed by atoms with E-state index in [0.717, 1.165) is 57.3 Å². The van der Waals surface area contributed by atoms with E-state index < -0.39 is 0 Å². The second-order valence-electron chi connectivity index (χ2n) is 11.0. The number of thiazole rings is 1. The molecule has 1 aromatic heterocycles. The Hall–Kier alpha value is -3.05. The summed E-state index contributed by atoms with van der Waals surface area (Å²) in [6, 6.07) is 6.07. The topological polar surface area (TPSA) is 107 Å². The van der Waals surface area contributed by atoms with Crippen LogP contribution in [0, 0.1) is 24.6 Å². The number of nitrogens with one attached hydrogen (secondary N) is 3. The van der Waals surface area contributed by atoms with Crippen LogP contribution in [0.1, 0.15) is 60.5 Å². The predicted octanol–water partition coefficient (Wildman–Crippen LogP) is 4.68. The number of amides is 4. The molecule has 2 aliphatic rings. The summed E-state index contributed by atoms with van der Waals surface area (Å²) in [6.07, 6.45) is 4.81. The maximum atomic E-state index is 13.3. The normalized spacial score (nSPS) is 21.6. The summed E-state index contributed by atoms with van der Waals surface area (Å²) in [4.78, 5) is 46.7. The zero-order chi connectivity index (χ0) is 28.6. The van der Waals surface area contributed by atoms with Crippen molar-refractivity contribution in [2.45, 2.75) is 58.9 Å². The number of nitrogens with zero attached hydrogens (tertiary/aromatic N) is 3. The lowest BCUT2D eigenvalue weighted by Crippen LogP contribution is -2.58. The third kappa shape index (κ3) is 8.23. The third-order valence-electron chi connectivity index (χ3n) is 7.76. The Morgan fingerprint density at radius 2 is 1.90 bits per heavy atom. The van der Waals surface area contributed by atoms with Crippen LogP contribution in [0.4, 0.5) is 19.1 Å². The lowest BCUT2D eigenvalue weighted by molar-refractivity contribution is 0.0984. The molecule has 3 N–H and O–H groups in total. The number of aromatic nitrogens is 1. The average molecular weight is 573 g/mol. The van der Waals surface area contributed by atoms with Gasteiger partial charge in [0.25, 0.3) is 0 Å². The fourth-order valence-corrected chi connectivity index (χ4v) is 6.61. The first-order valence-corrected chi connectivity index (χ1v) is 15.1. The van der Waals surface area contributed by atoms with Gasteiger partial charge in [-0.3, -0.25) is 10.1 Å². The molecule has 2 aromatic rings. The SMILES string of the molecule is CCCNC(=O)N1CC[C@@H](CN2CCC[C@@H](Cc3ccc(F)cc3)C2)[C@@H](NC(=O)Nc2nc(C)c(C(C)=O)s2)C1. The van der Waals surface area contributed by atoms with Gasteiger partial charge in [0, 0.05) is 39.6 Å². The zero-order valence-corrected chi connectivity index (χ0v) is 24.5. The lowest BCUT2D eigenvalue weighted by Gasteiger charge is -2.42. The second-order valence-corrected chi connectivity index (χ2v) is 12.0. The number of Topliss-reactive ketones (excluding diaryl/α,β-unsaturated/α-hetero) is 1. The highest BCUT2D eigenvalue weighted by Gasteiger charge is 2.34. The molecule has 1 aromatic carbocycles. The van der Waals surface area contributed by atoms with Crippen molar-refractivity contribution >= 4 is 34.3 Å². The average Bonchev–Trinajstić information content (AvgIpc) is 3.29. The number of carbonyl (C=O) groups is 3. The fourth-order valence-electron chi connectivity index (χ4n) is 5.76. The monoisotopic (exact) mass is 572 g/mol. The first-order chi connectivity index (χ1) is 19.2. The maximum Gasteiger partial charge on any atom is 0.321 e. The number of urea groups is 2. The second kappa shape index (κ2) is 14.0. The largest absolute Gasteiger partial charge is 0.338 e. The minimum absolute atomic E-state index is 0.0798. The van der Waals surface area contributed by atoms with E-state index in [0.29, 0.717) is 41.3 Å². The Balaban J connectivity index is 1.40. The van der Waals surface area contributed by atoms with Gasteiger partial charge >= 0.3 is 12.1 Å². The molecule has 4 rings (SSSR count). The van der Waals surface area contributed by atoms with Crippen molar-refractivity contribution in [2.75, 3.05) is 44.6 Å². The number of piperidine rings is 2. The zero-order valence-electron chi connectivity index (χ0n) is 23.7. The molecule has 2 fully saturated rings. The van der Waals surface area contributed by atoms with Crippen molar-refractivity contribution in [3.63, 3.8) is 0 Å². The van der Waals surface area contributed by atoms with E-state index >= 15 is 0 Å². The van der Waals surface area contributed by atoms with E-state index in [-0.39, 0.29) is 35.6 Å². The van der Waals surface area contributed by atoms with E-state index in [1.54, 1.807) is 11.8 Å². The Morgan fingerprint density at radius 3 is 2.60 bits per heavy atom. The van der Waals surface area contributed by atoms with Crippen molar-refractivity contribution in [1.29, 1.82) is 0 Å². The van der Waals surface area contributed by atoms with Gasteiger partial charge in [0.15, 0.2) is 10.9 Å². The summed E-state index contributed by atoms with van der Waals surface area (Å²) in [5.41, 5.74) is 1.75. The summed E-state index contributed by atoms with van der Waals surface area (Å²) in [7, 11) is 0. The number of anilines is 1. The molecule has 40 heavy (non-hydrogen) atoms. The molecule has 0 spiro atoms. The summed E-state index contributed by atoms with van der Waals surface area (Å²) in [5.74, 6) is 0.383. The number of ketones is 1. The van der Waals surface area contributed by atoms with Gasteiger partial charge in [-0.15, -0.1) is 0 Å². The molecule has 4 amide bonds. The predicted molar refractivity (Wildman–Crippen MR) is 155 cm³/mol. The summed E-state index contributed by atoms with van der Waals surface area (Å²) in [5, 5.41) is 9.23. The fraction of sp³-hybridized carbons (Fsp3) is 0.586. The number of likely N-dealkylation sites (tertiary alicyclic amines) is 2. The van der Waals surface area contributed by atoms with Crippen molar-refractivity contribution in [3.05, 3.63) is 46.2 Å². The minimum Gasteiger partial charge on any atom is -0.338 e. The maximum absolute atomic E-state index is 13.3. The van der Waals surface area contributed by atoms with Crippen LogP contribution in [-0.4, -0.2) is 77.9 Å². The summed E-state index contributed by atoms with van der Waals surface area (Å²) in [6.45, 7) is 9.73. The molecule has 2 aliphatic heterocycles. The number of benzene rings is 1. The van der Waals surface area contributed by atoms with E-state index in [9.17, 15) is 18.8 Å². The highest BCUT2D eigenvalue weighted by atomic mass is 32.1. The van der Waals surface area contributed by atoms with Gasteiger partial charge < -0.3 is 20.4 Å². The van der Waals surface area contributed by atoms with Gasteiger partial charge in [-0.25, -0.2) is 19.0 Å². The lowest BCUT2D eigenvalue weighted by atomic mass is 9.87. The van der Waals surface area contributed by atoms with Crippen LogP contribution >= 0.6 is 11.3 Å². The van der Waals surface area contributed by atoms with Crippen molar-refractivity contribution in [1.82, 2.24) is 25.4 Å². The molecule has 218 valence electrons. The molecule has 2 saturated heterocycles. The highest BCUT2D eigenvalue weighted by molar-refractivity contribution is 7.17. The van der Waals surface area contributed by atoms with Crippen LogP contribution < -0.4 is 16.0 Å². The molecule has 11 heteroatoms. The molecule has 0 bridgehead atoms. The first kappa shape index (κ1) is 29.9.